The first-order valence-corrected chi connectivity index (χ1v) is 9.03. The normalized spacial score (nSPS) is 10.6. The quantitative estimate of drug-likeness (QED) is 0.387. The molecule has 3 rings (SSSR count). The molecule has 0 spiro atoms. The number of anilines is 2. The Morgan fingerprint density at radius 3 is 2.76 bits per heavy atom. The molecule has 0 aliphatic heterocycles. The van der Waals surface area contributed by atoms with E-state index in [2.05, 4.69) is 25.3 Å². The van der Waals surface area contributed by atoms with E-state index in [0.29, 0.717) is 17.4 Å². The molecule has 1 aromatic carbocycles. The molecule has 0 saturated heterocycles. The Labute approximate surface area is 155 Å². The summed E-state index contributed by atoms with van der Waals surface area (Å²) in [4.78, 5) is 16.9. The van der Waals surface area contributed by atoms with Gasteiger partial charge in [-0.1, -0.05) is 35.5 Å². The second-order valence-corrected chi connectivity index (χ2v) is 6.68. The van der Waals surface area contributed by atoms with Crippen LogP contribution in [0.4, 0.5) is 11.8 Å². The smallest absolute Gasteiger partial charge is 0.222 e. The van der Waals surface area contributed by atoms with E-state index in [-0.39, 0.29) is 5.95 Å². The van der Waals surface area contributed by atoms with Crippen molar-refractivity contribution in [3.63, 3.8) is 0 Å². The van der Waals surface area contributed by atoms with E-state index in [0.717, 1.165) is 27.7 Å². The number of benzene rings is 1. The minimum atomic E-state index is 0.221. The summed E-state index contributed by atoms with van der Waals surface area (Å²) in [5.41, 5.74) is 8.51. The van der Waals surface area contributed by atoms with Crippen molar-refractivity contribution in [3.8, 4) is 11.3 Å². The maximum absolute atomic E-state index is 6.20. The van der Waals surface area contributed by atoms with Gasteiger partial charge in [-0.05, 0) is 24.6 Å². The third kappa shape index (κ3) is 4.58. The number of hydrogen-bond acceptors (Lipinski definition) is 7. The summed E-state index contributed by atoms with van der Waals surface area (Å²) < 4.78 is 0. The summed E-state index contributed by atoms with van der Waals surface area (Å²) in [6.07, 6.45) is 3.46. The molecule has 0 aliphatic carbocycles. The summed E-state index contributed by atoms with van der Waals surface area (Å²) in [6, 6.07) is 9.39. The molecule has 3 N–H and O–H groups in total. The van der Waals surface area contributed by atoms with Crippen LogP contribution in [0.25, 0.3) is 11.3 Å². The van der Waals surface area contributed by atoms with Crippen LogP contribution >= 0.6 is 23.4 Å². The van der Waals surface area contributed by atoms with E-state index in [1.54, 1.807) is 30.2 Å². The van der Waals surface area contributed by atoms with Crippen molar-refractivity contribution in [2.75, 3.05) is 23.3 Å². The number of rotatable bonds is 6. The summed E-state index contributed by atoms with van der Waals surface area (Å²) in [5.74, 6) is 1.70. The minimum Gasteiger partial charge on any atom is -0.369 e. The highest BCUT2D eigenvalue weighted by Gasteiger charge is 2.09. The first kappa shape index (κ1) is 17.4. The van der Waals surface area contributed by atoms with Gasteiger partial charge in [0, 0.05) is 41.3 Å². The van der Waals surface area contributed by atoms with Gasteiger partial charge in [0.05, 0.1) is 5.69 Å². The fourth-order valence-corrected chi connectivity index (χ4v) is 3.09. The molecule has 0 aliphatic rings. The second kappa shape index (κ2) is 8.13. The van der Waals surface area contributed by atoms with Crippen molar-refractivity contribution < 1.29 is 0 Å². The zero-order valence-electron chi connectivity index (χ0n) is 13.6. The summed E-state index contributed by atoms with van der Waals surface area (Å²) >= 11 is 7.77. The molecule has 2 heterocycles. The van der Waals surface area contributed by atoms with E-state index in [4.69, 9.17) is 17.3 Å². The van der Waals surface area contributed by atoms with Gasteiger partial charge in [0.2, 0.25) is 5.95 Å². The maximum atomic E-state index is 6.20. The van der Waals surface area contributed by atoms with Crippen LogP contribution in [-0.2, 0) is 0 Å². The van der Waals surface area contributed by atoms with Gasteiger partial charge in [-0.25, -0.2) is 15.0 Å². The van der Waals surface area contributed by atoms with Crippen molar-refractivity contribution in [2.45, 2.75) is 12.1 Å². The second-order valence-electron chi connectivity index (χ2n) is 5.22. The number of nitrogens with two attached hydrogens (primary N) is 1. The molecule has 0 bridgehead atoms. The first-order valence-electron chi connectivity index (χ1n) is 7.67. The lowest BCUT2D eigenvalue weighted by atomic mass is 10.1. The van der Waals surface area contributed by atoms with Gasteiger partial charge < -0.3 is 11.1 Å². The largest absolute Gasteiger partial charge is 0.369 e. The van der Waals surface area contributed by atoms with Crippen LogP contribution in [0.15, 0.2) is 47.9 Å². The zero-order chi connectivity index (χ0) is 17.6. The highest BCUT2D eigenvalue weighted by molar-refractivity contribution is 7.99. The van der Waals surface area contributed by atoms with Crippen molar-refractivity contribution >= 4 is 35.1 Å². The van der Waals surface area contributed by atoms with Crippen LogP contribution in [0.2, 0.25) is 5.02 Å². The van der Waals surface area contributed by atoms with Gasteiger partial charge in [0.15, 0.2) is 5.16 Å². The van der Waals surface area contributed by atoms with Crippen LogP contribution in [0, 0.1) is 6.92 Å². The predicted molar refractivity (Wildman–Crippen MR) is 103 cm³/mol. The molecule has 0 saturated carbocycles. The van der Waals surface area contributed by atoms with Gasteiger partial charge >= 0.3 is 0 Å². The molecular formula is C17H17ClN6S. The topological polar surface area (TPSA) is 89.6 Å². The number of nitrogen functional groups attached to an aromatic ring is 1. The Kier molecular flexibility index (Phi) is 5.67. The summed E-state index contributed by atoms with van der Waals surface area (Å²) in [5, 5.41) is 4.71. The van der Waals surface area contributed by atoms with E-state index in [9.17, 15) is 0 Å². The number of nitrogens with zero attached hydrogens (tertiary/aromatic N) is 4. The molecule has 0 fully saturated rings. The maximum Gasteiger partial charge on any atom is 0.222 e. The molecule has 0 amide bonds. The van der Waals surface area contributed by atoms with Crippen LogP contribution in [0.3, 0.4) is 0 Å². The van der Waals surface area contributed by atoms with E-state index in [1.807, 2.05) is 31.2 Å². The molecule has 8 heteroatoms. The first-order chi connectivity index (χ1) is 12.1. The van der Waals surface area contributed by atoms with Crippen LogP contribution < -0.4 is 11.1 Å². The van der Waals surface area contributed by atoms with E-state index in [1.165, 1.54) is 0 Å². The lowest BCUT2D eigenvalue weighted by Gasteiger charge is -2.10. The number of nitrogens with one attached hydrogen (secondary N) is 1. The molecule has 6 nitrogen and oxygen atoms in total. The van der Waals surface area contributed by atoms with Crippen molar-refractivity contribution in [1.82, 2.24) is 19.9 Å². The Balaban J connectivity index is 1.68. The zero-order valence-corrected chi connectivity index (χ0v) is 15.2. The average Bonchev–Trinajstić information content (AvgIpc) is 2.61. The van der Waals surface area contributed by atoms with Crippen molar-refractivity contribution in [3.05, 3.63) is 53.3 Å². The third-order valence-electron chi connectivity index (χ3n) is 3.47. The predicted octanol–water partition coefficient (Wildman–Crippen LogP) is 3.68. The Morgan fingerprint density at radius 2 is 1.96 bits per heavy atom. The highest BCUT2D eigenvalue weighted by Crippen LogP contribution is 2.28. The van der Waals surface area contributed by atoms with Crippen molar-refractivity contribution in [2.24, 2.45) is 0 Å². The molecule has 2 aromatic heterocycles. The molecule has 3 aromatic rings. The monoisotopic (exact) mass is 372 g/mol. The molecule has 0 unspecified atom stereocenters. The molecular weight excluding hydrogens is 356 g/mol. The van der Waals surface area contributed by atoms with Gasteiger partial charge in [0.25, 0.3) is 0 Å². The van der Waals surface area contributed by atoms with Crippen LogP contribution in [-0.4, -0.2) is 32.2 Å². The minimum absolute atomic E-state index is 0.221. The Morgan fingerprint density at radius 1 is 1.16 bits per heavy atom. The van der Waals surface area contributed by atoms with Gasteiger partial charge in [-0.3, -0.25) is 0 Å². The fourth-order valence-electron chi connectivity index (χ4n) is 2.26. The SMILES string of the molecule is Cc1c(Cl)cccc1-c1cc(NCCSc2ncccn2)nc(N)n1. The Bertz CT molecular complexity index is 859. The standard InChI is InChI=1S/C17H17ClN6S/c1-11-12(4-2-5-13(11)18)14-10-15(24-16(19)23-14)20-8-9-25-17-21-6-3-7-22-17/h2-7,10H,8-9H2,1H3,(H3,19,20,23,24). The molecule has 0 radical (unpaired) electrons. The third-order valence-corrected chi connectivity index (χ3v) is 4.76. The van der Waals surface area contributed by atoms with E-state index >= 15 is 0 Å². The van der Waals surface area contributed by atoms with Crippen LogP contribution in [0.5, 0.6) is 0 Å². The van der Waals surface area contributed by atoms with Crippen molar-refractivity contribution in [1.29, 1.82) is 0 Å². The molecule has 25 heavy (non-hydrogen) atoms. The van der Waals surface area contributed by atoms with E-state index < -0.39 is 0 Å². The number of thioether (sulfide) groups is 1. The van der Waals surface area contributed by atoms with Gasteiger partial charge in [-0.15, -0.1) is 0 Å². The van der Waals surface area contributed by atoms with Crippen LogP contribution in [0.1, 0.15) is 5.56 Å². The molecule has 128 valence electrons. The number of aromatic nitrogens is 4. The van der Waals surface area contributed by atoms with Gasteiger partial charge in [0.1, 0.15) is 5.82 Å². The number of hydrogen-bond donors (Lipinski definition) is 2. The average molecular weight is 373 g/mol. The highest BCUT2D eigenvalue weighted by atomic mass is 35.5. The fraction of sp³-hybridized carbons (Fsp3) is 0.176. The Hall–Kier alpha value is -2.38. The molecule has 0 atom stereocenters. The van der Waals surface area contributed by atoms with Gasteiger partial charge in [-0.2, -0.15) is 4.98 Å². The number of halogens is 1. The summed E-state index contributed by atoms with van der Waals surface area (Å²) in [6.45, 7) is 2.66. The lowest BCUT2D eigenvalue weighted by Crippen LogP contribution is -2.08. The summed E-state index contributed by atoms with van der Waals surface area (Å²) in [7, 11) is 0. The lowest BCUT2D eigenvalue weighted by molar-refractivity contribution is 0.965.